The maximum atomic E-state index is 11.0. The SMILES string of the molecule is COc1ccc(C2(C=O)COC2)c(Cl)c1. The number of benzene rings is 1. The zero-order chi connectivity index (χ0) is 10.9. The Balaban J connectivity index is 2.40. The molecule has 15 heavy (non-hydrogen) atoms. The summed E-state index contributed by atoms with van der Waals surface area (Å²) >= 11 is 6.09. The Morgan fingerprint density at radius 3 is 2.67 bits per heavy atom. The van der Waals surface area contributed by atoms with Crippen LogP contribution in [0.4, 0.5) is 0 Å². The third-order valence-electron chi connectivity index (χ3n) is 2.66. The molecule has 1 heterocycles. The van der Waals surface area contributed by atoms with Crippen molar-refractivity contribution >= 4 is 17.9 Å². The lowest BCUT2D eigenvalue weighted by atomic mass is 9.80. The molecular formula is C11H11ClO3. The molecule has 0 spiro atoms. The van der Waals surface area contributed by atoms with Gasteiger partial charge in [-0.25, -0.2) is 0 Å². The first-order chi connectivity index (χ1) is 7.22. The molecule has 80 valence electrons. The van der Waals surface area contributed by atoms with Gasteiger partial charge in [0.1, 0.15) is 12.0 Å². The summed E-state index contributed by atoms with van der Waals surface area (Å²) in [7, 11) is 1.58. The van der Waals surface area contributed by atoms with E-state index in [1.54, 1.807) is 19.2 Å². The van der Waals surface area contributed by atoms with Crippen LogP contribution < -0.4 is 4.74 Å². The third-order valence-corrected chi connectivity index (χ3v) is 2.97. The highest BCUT2D eigenvalue weighted by atomic mass is 35.5. The zero-order valence-corrected chi connectivity index (χ0v) is 9.08. The van der Waals surface area contributed by atoms with Crippen molar-refractivity contribution in [3.63, 3.8) is 0 Å². The maximum Gasteiger partial charge on any atom is 0.135 e. The van der Waals surface area contributed by atoms with Crippen molar-refractivity contribution in [2.75, 3.05) is 20.3 Å². The summed E-state index contributed by atoms with van der Waals surface area (Å²) in [6, 6.07) is 5.32. The van der Waals surface area contributed by atoms with Crippen molar-refractivity contribution in [2.24, 2.45) is 0 Å². The van der Waals surface area contributed by atoms with Crippen LogP contribution in [0.1, 0.15) is 5.56 Å². The van der Waals surface area contributed by atoms with Crippen LogP contribution in [-0.4, -0.2) is 26.6 Å². The average Bonchev–Trinajstić information content (AvgIpc) is 2.19. The number of rotatable bonds is 3. The molecule has 1 saturated heterocycles. The van der Waals surface area contributed by atoms with Gasteiger partial charge in [0, 0.05) is 5.02 Å². The van der Waals surface area contributed by atoms with E-state index in [4.69, 9.17) is 21.1 Å². The van der Waals surface area contributed by atoms with Crippen molar-refractivity contribution in [1.82, 2.24) is 0 Å². The summed E-state index contributed by atoms with van der Waals surface area (Å²) in [4.78, 5) is 11.0. The molecular weight excluding hydrogens is 216 g/mol. The van der Waals surface area contributed by atoms with E-state index < -0.39 is 5.41 Å². The van der Waals surface area contributed by atoms with Crippen LogP contribution in [0.15, 0.2) is 18.2 Å². The minimum absolute atomic E-state index is 0.405. The molecule has 3 nitrogen and oxygen atoms in total. The van der Waals surface area contributed by atoms with Gasteiger partial charge in [-0.15, -0.1) is 0 Å². The summed E-state index contributed by atoms with van der Waals surface area (Å²) in [5, 5.41) is 0.546. The number of ether oxygens (including phenoxy) is 2. The smallest absolute Gasteiger partial charge is 0.135 e. The summed E-state index contributed by atoms with van der Waals surface area (Å²) in [5.74, 6) is 0.685. The van der Waals surface area contributed by atoms with Gasteiger partial charge in [-0.3, -0.25) is 0 Å². The molecule has 0 saturated carbocycles. The highest BCUT2D eigenvalue weighted by Crippen LogP contribution is 2.36. The molecule has 1 aliphatic rings. The monoisotopic (exact) mass is 226 g/mol. The molecule has 2 rings (SSSR count). The summed E-state index contributed by atoms with van der Waals surface area (Å²) in [6.45, 7) is 0.811. The molecule has 1 aromatic rings. The quantitative estimate of drug-likeness (QED) is 0.738. The Bertz CT molecular complexity index is 385. The van der Waals surface area contributed by atoms with E-state index in [1.165, 1.54) is 0 Å². The first-order valence-electron chi connectivity index (χ1n) is 4.60. The van der Waals surface area contributed by atoms with E-state index in [0.717, 1.165) is 11.8 Å². The lowest BCUT2D eigenvalue weighted by Gasteiger charge is -2.37. The Labute approximate surface area is 92.9 Å². The van der Waals surface area contributed by atoms with Crippen LogP contribution >= 0.6 is 11.6 Å². The normalized spacial score (nSPS) is 18.0. The van der Waals surface area contributed by atoms with Crippen LogP contribution in [0.25, 0.3) is 0 Å². The second kappa shape index (κ2) is 3.83. The molecule has 0 N–H and O–H groups in total. The molecule has 0 unspecified atom stereocenters. The average molecular weight is 227 g/mol. The predicted octanol–water partition coefficient (Wildman–Crippen LogP) is 1.82. The molecule has 1 aromatic carbocycles. The lowest BCUT2D eigenvalue weighted by molar-refractivity contribution is -0.129. The van der Waals surface area contributed by atoms with E-state index in [-0.39, 0.29) is 0 Å². The van der Waals surface area contributed by atoms with Crippen LogP contribution in [0, 0.1) is 0 Å². The van der Waals surface area contributed by atoms with Crippen molar-refractivity contribution in [1.29, 1.82) is 0 Å². The van der Waals surface area contributed by atoms with Crippen molar-refractivity contribution in [3.05, 3.63) is 28.8 Å². The third kappa shape index (κ3) is 1.62. The van der Waals surface area contributed by atoms with Crippen LogP contribution in [0.2, 0.25) is 5.02 Å². The largest absolute Gasteiger partial charge is 0.497 e. The van der Waals surface area contributed by atoms with E-state index in [1.807, 2.05) is 6.07 Å². The molecule has 0 bridgehead atoms. The Hall–Kier alpha value is -1.06. The van der Waals surface area contributed by atoms with E-state index >= 15 is 0 Å². The topological polar surface area (TPSA) is 35.5 Å². The standard InChI is InChI=1S/C11H11ClO3/c1-14-8-2-3-9(10(12)4-8)11(5-13)6-15-7-11/h2-5H,6-7H2,1H3. The van der Waals surface area contributed by atoms with Crippen molar-refractivity contribution in [3.8, 4) is 5.75 Å². The summed E-state index contributed by atoms with van der Waals surface area (Å²) in [6.07, 6.45) is 0.907. The second-order valence-electron chi connectivity index (χ2n) is 3.61. The molecule has 0 amide bonds. The molecule has 1 fully saturated rings. The fourth-order valence-electron chi connectivity index (χ4n) is 1.64. The van der Waals surface area contributed by atoms with Gasteiger partial charge in [-0.2, -0.15) is 0 Å². The fraction of sp³-hybridized carbons (Fsp3) is 0.364. The second-order valence-corrected chi connectivity index (χ2v) is 4.02. The number of carbonyl (C=O) groups excluding carboxylic acids is 1. The molecule has 0 aliphatic carbocycles. The van der Waals surface area contributed by atoms with Gasteiger partial charge < -0.3 is 14.3 Å². The molecule has 0 aromatic heterocycles. The van der Waals surface area contributed by atoms with Gasteiger partial charge in [0.25, 0.3) is 0 Å². The van der Waals surface area contributed by atoms with Gasteiger partial charge in [0.2, 0.25) is 0 Å². The fourth-order valence-corrected chi connectivity index (χ4v) is 1.99. The first-order valence-corrected chi connectivity index (χ1v) is 4.98. The number of hydrogen-bond acceptors (Lipinski definition) is 3. The molecule has 0 atom stereocenters. The summed E-state index contributed by atoms with van der Waals surface area (Å²) in [5.41, 5.74) is 0.259. The maximum absolute atomic E-state index is 11.0. The van der Waals surface area contributed by atoms with E-state index in [0.29, 0.717) is 24.0 Å². The number of carbonyl (C=O) groups is 1. The minimum Gasteiger partial charge on any atom is -0.497 e. The van der Waals surface area contributed by atoms with Crippen molar-refractivity contribution in [2.45, 2.75) is 5.41 Å². The number of aldehydes is 1. The highest BCUT2D eigenvalue weighted by molar-refractivity contribution is 6.31. The van der Waals surface area contributed by atoms with Crippen LogP contribution in [0.3, 0.4) is 0 Å². The van der Waals surface area contributed by atoms with Crippen molar-refractivity contribution < 1.29 is 14.3 Å². The number of hydrogen-bond donors (Lipinski definition) is 0. The number of halogens is 1. The van der Waals surface area contributed by atoms with E-state index in [9.17, 15) is 4.79 Å². The van der Waals surface area contributed by atoms with Gasteiger partial charge >= 0.3 is 0 Å². The van der Waals surface area contributed by atoms with Crippen LogP contribution in [-0.2, 0) is 14.9 Å². The summed E-state index contributed by atoms with van der Waals surface area (Å²) < 4.78 is 10.1. The van der Waals surface area contributed by atoms with Gasteiger partial charge in [-0.05, 0) is 17.7 Å². The Morgan fingerprint density at radius 2 is 2.27 bits per heavy atom. The Morgan fingerprint density at radius 1 is 1.53 bits per heavy atom. The highest BCUT2D eigenvalue weighted by Gasteiger charge is 2.41. The predicted molar refractivity (Wildman–Crippen MR) is 56.6 cm³/mol. The number of methoxy groups -OCH3 is 1. The van der Waals surface area contributed by atoms with E-state index in [2.05, 4.69) is 0 Å². The Kier molecular flexibility index (Phi) is 2.67. The van der Waals surface area contributed by atoms with Crippen LogP contribution in [0.5, 0.6) is 5.75 Å². The lowest BCUT2D eigenvalue weighted by Crippen LogP contribution is -2.48. The van der Waals surface area contributed by atoms with Gasteiger partial charge in [0.05, 0.1) is 25.7 Å². The first kappa shape index (κ1) is 10.5. The zero-order valence-electron chi connectivity index (χ0n) is 8.33. The van der Waals surface area contributed by atoms with Gasteiger partial charge in [-0.1, -0.05) is 17.7 Å². The molecule has 4 heteroatoms. The van der Waals surface area contributed by atoms with Gasteiger partial charge in [0.15, 0.2) is 0 Å². The molecule has 0 radical (unpaired) electrons. The molecule has 1 aliphatic heterocycles. The minimum atomic E-state index is -0.552.